The first-order chi connectivity index (χ1) is 12.0. The van der Waals surface area contributed by atoms with E-state index in [1.165, 1.54) is 18.3 Å². The fourth-order valence-electron chi connectivity index (χ4n) is 2.39. The van der Waals surface area contributed by atoms with Gasteiger partial charge in [0.1, 0.15) is 0 Å². The number of anilines is 1. The Kier molecular flexibility index (Phi) is 4.51. The highest BCUT2D eigenvalue weighted by atomic mass is 16.6. The largest absolute Gasteiger partial charge is 0.320 e. The predicted molar refractivity (Wildman–Crippen MR) is 91.4 cm³/mol. The Balaban J connectivity index is 1.74. The van der Waals surface area contributed by atoms with Crippen LogP contribution >= 0.6 is 0 Å². The number of benzene rings is 2. The Bertz CT molecular complexity index is 921. The number of carbonyl (C=O) groups is 1. The quantitative estimate of drug-likeness (QED) is 0.569. The summed E-state index contributed by atoms with van der Waals surface area (Å²) < 4.78 is 1.56. The summed E-state index contributed by atoms with van der Waals surface area (Å²) in [5.41, 5.74) is 1.88. The van der Waals surface area contributed by atoms with Crippen molar-refractivity contribution in [3.05, 3.63) is 81.7 Å². The zero-order valence-electron chi connectivity index (χ0n) is 13.4. The topological polar surface area (TPSA) is 103 Å². The van der Waals surface area contributed by atoms with Crippen LogP contribution in [0.2, 0.25) is 0 Å². The van der Waals surface area contributed by atoms with Gasteiger partial charge in [0.15, 0.2) is 5.69 Å². The average Bonchev–Trinajstić information content (AvgIpc) is 3.06. The van der Waals surface area contributed by atoms with Crippen molar-refractivity contribution in [2.75, 3.05) is 5.32 Å². The lowest BCUT2D eigenvalue weighted by Gasteiger charge is -2.06. The van der Waals surface area contributed by atoms with Crippen molar-refractivity contribution >= 4 is 17.3 Å². The van der Waals surface area contributed by atoms with E-state index in [0.717, 1.165) is 5.56 Å². The van der Waals surface area contributed by atoms with Crippen molar-refractivity contribution in [1.82, 2.24) is 15.0 Å². The van der Waals surface area contributed by atoms with E-state index >= 15 is 0 Å². The Hall–Kier alpha value is -3.55. The van der Waals surface area contributed by atoms with Crippen molar-refractivity contribution in [3.63, 3.8) is 0 Å². The van der Waals surface area contributed by atoms with Crippen LogP contribution in [-0.4, -0.2) is 25.8 Å². The molecule has 8 nitrogen and oxygen atoms in total. The number of hydrogen-bond donors (Lipinski definition) is 1. The second-order valence-electron chi connectivity index (χ2n) is 5.45. The van der Waals surface area contributed by atoms with E-state index in [1.54, 1.807) is 17.7 Å². The monoisotopic (exact) mass is 337 g/mol. The number of nitrogens with zero attached hydrogens (tertiary/aromatic N) is 4. The van der Waals surface area contributed by atoms with E-state index in [1.807, 2.05) is 30.3 Å². The normalized spacial score (nSPS) is 10.4. The number of carbonyl (C=O) groups excluding carboxylic acids is 1. The molecule has 1 heterocycles. The summed E-state index contributed by atoms with van der Waals surface area (Å²) in [7, 11) is 0. The van der Waals surface area contributed by atoms with Crippen molar-refractivity contribution < 1.29 is 9.72 Å². The van der Waals surface area contributed by atoms with Gasteiger partial charge in [0.2, 0.25) is 0 Å². The van der Waals surface area contributed by atoms with Crippen LogP contribution in [-0.2, 0) is 6.54 Å². The van der Waals surface area contributed by atoms with Crippen LogP contribution in [0.3, 0.4) is 0 Å². The lowest BCUT2D eigenvalue weighted by atomic mass is 10.1. The maximum Gasteiger partial charge on any atom is 0.277 e. The Morgan fingerprint density at radius 1 is 1.20 bits per heavy atom. The number of aromatic nitrogens is 3. The highest BCUT2D eigenvalue weighted by molar-refractivity contribution is 6.03. The van der Waals surface area contributed by atoms with Gasteiger partial charge in [-0.05, 0) is 18.6 Å². The third kappa shape index (κ3) is 3.69. The smallest absolute Gasteiger partial charge is 0.277 e. The maximum atomic E-state index is 12.3. The molecule has 0 atom stereocenters. The molecule has 3 rings (SSSR count). The molecule has 0 aliphatic heterocycles. The Morgan fingerprint density at radius 3 is 2.68 bits per heavy atom. The second kappa shape index (κ2) is 6.91. The summed E-state index contributed by atoms with van der Waals surface area (Å²) in [4.78, 5) is 22.8. The molecule has 0 bridgehead atoms. The molecular weight excluding hydrogens is 322 g/mol. The predicted octanol–water partition coefficient (Wildman–Crippen LogP) is 2.80. The van der Waals surface area contributed by atoms with Crippen LogP contribution in [0.4, 0.5) is 11.4 Å². The standard InChI is InChI=1S/C17H15N5O3/c1-12-14(8-5-9-16(12)22(24)25)18-17(23)15-11-21(20-19-15)10-13-6-3-2-4-7-13/h2-9,11H,10H2,1H3,(H,18,23). The highest BCUT2D eigenvalue weighted by Gasteiger charge is 2.17. The van der Waals surface area contributed by atoms with Gasteiger partial charge in [0.05, 0.1) is 28.9 Å². The molecule has 0 unspecified atom stereocenters. The van der Waals surface area contributed by atoms with Gasteiger partial charge < -0.3 is 5.32 Å². The fraction of sp³-hybridized carbons (Fsp3) is 0.118. The van der Waals surface area contributed by atoms with Crippen molar-refractivity contribution in [1.29, 1.82) is 0 Å². The first-order valence-corrected chi connectivity index (χ1v) is 7.54. The number of nitro benzene ring substituents is 1. The minimum absolute atomic E-state index is 0.0504. The first-order valence-electron chi connectivity index (χ1n) is 7.54. The van der Waals surface area contributed by atoms with Gasteiger partial charge in [0, 0.05) is 6.07 Å². The molecular formula is C17H15N5O3. The third-order valence-electron chi connectivity index (χ3n) is 3.71. The van der Waals surface area contributed by atoms with Gasteiger partial charge in [-0.3, -0.25) is 14.9 Å². The molecule has 25 heavy (non-hydrogen) atoms. The maximum absolute atomic E-state index is 12.3. The SMILES string of the molecule is Cc1c(NC(=O)c2cn(Cc3ccccc3)nn2)cccc1[N+](=O)[O-]. The lowest BCUT2D eigenvalue weighted by Crippen LogP contribution is -2.13. The molecule has 0 saturated heterocycles. The summed E-state index contributed by atoms with van der Waals surface area (Å²) in [5.74, 6) is -0.470. The number of nitrogens with one attached hydrogen (secondary N) is 1. The molecule has 126 valence electrons. The summed E-state index contributed by atoms with van der Waals surface area (Å²) in [6.45, 7) is 2.08. The zero-order chi connectivity index (χ0) is 17.8. The zero-order valence-corrected chi connectivity index (χ0v) is 13.4. The van der Waals surface area contributed by atoms with Crippen molar-refractivity contribution in [2.45, 2.75) is 13.5 Å². The fourth-order valence-corrected chi connectivity index (χ4v) is 2.39. The van der Waals surface area contributed by atoms with Crippen LogP contribution in [0, 0.1) is 17.0 Å². The van der Waals surface area contributed by atoms with E-state index in [9.17, 15) is 14.9 Å². The van der Waals surface area contributed by atoms with Crippen LogP contribution < -0.4 is 5.32 Å². The van der Waals surface area contributed by atoms with Crippen LogP contribution in [0.25, 0.3) is 0 Å². The van der Waals surface area contributed by atoms with Crippen molar-refractivity contribution in [2.24, 2.45) is 0 Å². The van der Waals surface area contributed by atoms with Gasteiger partial charge in [-0.2, -0.15) is 0 Å². The number of nitro groups is 1. The first kappa shape index (κ1) is 16.3. The van der Waals surface area contributed by atoms with Gasteiger partial charge in [-0.15, -0.1) is 5.10 Å². The van der Waals surface area contributed by atoms with Crippen LogP contribution in [0.15, 0.2) is 54.7 Å². The summed E-state index contributed by atoms with van der Waals surface area (Å²) >= 11 is 0. The Morgan fingerprint density at radius 2 is 1.96 bits per heavy atom. The summed E-state index contributed by atoms with van der Waals surface area (Å²) in [5, 5.41) is 21.4. The van der Waals surface area contributed by atoms with E-state index in [4.69, 9.17) is 0 Å². The van der Waals surface area contributed by atoms with Gasteiger partial charge >= 0.3 is 0 Å². The molecule has 1 amide bonds. The molecule has 0 radical (unpaired) electrons. The van der Waals surface area contributed by atoms with E-state index < -0.39 is 10.8 Å². The number of amides is 1. The van der Waals surface area contributed by atoms with Gasteiger partial charge in [0.25, 0.3) is 11.6 Å². The van der Waals surface area contributed by atoms with Gasteiger partial charge in [-0.1, -0.05) is 41.6 Å². The Labute approximate surface area is 143 Å². The molecule has 0 aliphatic carbocycles. The lowest BCUT2D eigenvalue weighted by molar-refractivity contribution is -0.385. The van der Waals surface area contributed by atoms with Gasteiger partial charge in [-0.25, -0.2) is 4.68 Å². The van der Waals surface area contributed by atoms with Crippen LogP contribution in [0.5, 0.6) is 0 Å². The molecule has 8 heteroatoms. The molecule has 0 aliphatic rings. The third-order valence-corrected chi connectivity index (χ3v) is 3.71. The highest BCUT2D eigenvalue weighted by Crippen LogP contribution is 2.25. The van der Waals surface area contributed by atoms with Crippen LogP contribution in [0.1, 0.15) is 21.6 Å². The second-order valence-corrected chi connectivity index (χ2v) is 5.45. The molecule has 1 aromatic heterocycles. The molecule has 3 aromatic rings. The molecule has 1 N–H and O–H groups in total. The molecule has 0 spiro atoms. The number of rotatable bonds is 5. The minimum atomic E-state index is -0.485. The van der Waals surface area contributed by atoms with E-state index in [-0.39, 0.29) is 11.4 Å². The minimum Gasteiger partial charge on any atom is -0.320 e. The molecule has 0 saturated carbocycles. The summed E-state index contributed by atoms with van der Waals surface area (Å²) in [6.07, 6.45) is 1.54. The summed E-state index contributed by atoms with van der Waals surface area (Å²) in [6, 6.07) is 14.2. The van der Waals surface area contributed by atoms with Crippen molar-refractivity contribution in [3.8, 4) is 0 Å². The molecule has 2 aromatic carbocycles. The van der Waals surface area contributed by atoms with E-state index in [2.05, 4.69) is 15.6 Å². The van der Waals surface area contributed by atoms with E-state index in [0.29, 0.717) is 17.8 Å². The number of hydrogen-bond acceptors (Lipinski definition) is 5. The average molecular weight is 337 g/mol. The molecule has 0 fully saturated rings.